The summed E-state index contributed by atoms with van der Waals surface area (Å²) in [5, 5.41) is 1.94. The lowest BCUT2D eigenvalue weighted by atomic mass is 9.98. The first kappa shape index (κ1) is 10.4. The van der Waals surface area contributed by atoms with E-state index in [0.717, 1.165) is 16.2 Å². The van der Waals surface area contributed by atoms with Crippen LogP contribution in [0, 0.1) is 6.92 Å². The second kappa shape index (κ2) is 3.82. The molecule has 0 unspecified atom stereocenters. The molecule has 0 atom stereocenters. The maximum atomic E-state index is 6.01. The first-order valence-electron chi connectivity index (χ1n) is 5.14. The third-order valence-corrected chi connectivity index (χ3v) is 2.79. The predicted octanol–water partition coefficient (Wildman–Crippen LogP) is 4.32. The summed E-state index contributed by atoms with van der Waals surface area (Å²) in [5.41, 5.74) is 3.41. The van der Waals surface area contributed by atoms with Crippen LogP contribution in [0.25, 0.3) is 10.9 Å². The number of rotatable bonds is 1. The summed E-state index contributed by atoms with van der Waals surface area (Å²) < 4.78 is 0. The average Bonchev–Trinajstić information content (AvgIpc) is 2.17. The second-order valence-electron chi connectivity index (χ2n) is 4.17. The molecule has 1 aromatic carbocycles. The second-order valence-corrected chi connectivity index (χ2v) is 4.61. The Morgan fingerprint density at radius 1 is 1.20 bits per heavy atom. The molecule has 15 heavy (non-hydrogen) atoms. The molecule has 0 fully saturated rings. The highest BCUT2D eigenvalue weighted by molar-refractivity contribution is 6.31. The van der Waals surface area contributed by atoms with Gasteiger partial charge in [-0.15, -0.1) is 0 Å². The number of aromatic nitrogens is 1. The van der Waals surface area contributed by atoms with Crippen LogP contribution in [0.4, 0.5) is 0 Å². The maximum Gasteiger partial charge on any atom is 0.0709 e. The smallest absolute Gasteiger partial charge is 0.0709 e. The molecule has 0 bridgehead atoms. The van der Waals surface area contributed by atoms with Gasteiger partial charge in [0.05, 0.1) is 5.52 Å². The molecule has 1 aromatic heterocycles. The van der Waals surface area contributed by atoms with E-state index in [-0.39, 0.29) is 0 Å². The molecule has 0 amide bonds. The van der Waals surface area contributed by atoms with Crippen LogP contribution in [0.1, 0.15) is 31.0 Å². The lowest BCUT2D eigenvalue weighted by Gasteiger charge is -2.11. The third kappa shape index (κ3) is 1.98. The zero-order valence-corrected chi connectivity index (χ0v) is 9.97. The van der Waals surface area contributed by atoms with Crippen molar-refractivity contribution in [3.63, 3.8) is 0 Å². The highest BCUT2D eigenvalue weighted by Gasteiger charge is 2.07. The Hall–Kier alpha value is -1.08. The molecule has 0 aliphatic heterocycles. The van der Waals surface area contributed by atoms with E-state index in [0.29, 0.717) is 5.92 Å². The van der Waals surface area contributed by atoms with E-state index in [2.05, 4.69) is 24.9 Å². The van der Waals surface area contributed by atoms with Gasteiger partial charge in [0, 0.05) is 16.1 Å². The first-order valence-corrected chi connectivity index (χ1v) is 5.52. The van der Waals surface area contributed by atoms with Crippen LogP contribution < -0.4 is 0 Å². The van der Waals surface area contributed by atoms with Crippen molar-refractivity contribution >= 4 is 22.5 Å². The first-order chi connectivity index (χ1) is 7.08. The Labute approximate surface area is 95.1 Å². The average molecular weight is 220 g/mol. The lowest BCUT2D eigenvalue weighted by Crippen LogP contribution is -1.94. The van der Waals surface area contributed by atoms with Crippen molar-refractivity contribution in [1.29, 1.82) is 0 Å². The summed E-state index contributed by atoms with van der Waals surface area (Å²) in [6.07, 6.45) is 0. The highest BCUT2D eigenvalue weighted by Crippen LogP contribution is 2.27. The number of pyridine rings is 1. The van der Waals surface area contributed by atoms with E-state index >= 15 is 0 Å². The fourth-order valence-electron chi connectivity index (χ4n) is 1.84. The summed E-state index contributed by atoms with van der Waals surface area (Å²) in [5.74, 6) is 0.493. The Bertz CT molecular complexity index is 503. The molecule has 0 spiro atoms. The SMILES string of the molecule is Cc1cc(C(C)C)c2cc(Cl)ccc2n1. The molecule has 0 saturated heterocycles. The summed E-state index contributed by atoms with van der Waals surface area (Å²) in [6.45, 7) is 6.41. The van der Waals surface area contributed by atoms with Gasteiger partial charge in [-0.25, -0.2) is 0 Å². The normalized spacial score (nSPS) is 11.3. The van der Waals surface area contributed by atoms with E-state index in [1.54, 1.807) is 0 Å². The van der Waals surface area contributed by atoms with Crippen molar-refractivity contribution in [2.45, 2.75) is 26.7 Å². The number of aryl methyl sites for hydroxylation is 1. The number of fused-ring (bicyclic) bond motifs is 1. The summed E-state index contributed by atoms with van der Waals surface area (Å²) in [7, 11) is 0. The number of hydrogen-bond acceptors (Lipinski definition) is 1. The molecule has 78 valence electrons. The maximum absolute atomic E-state index is 6.01. The Morgan fingerprint density at radius 2 is 1.93 bits per heavy atom. The van der Waals surface area contributed by atoms with Crippen molar-refractivity contribution in [2.75, 3.05) is 0 Å². The third-order valence-electron chi connectivity index (χ3n) is 2.55. The van der Waals surface area contributed by atoms with Crippen molar-refractivity contribution in [3.05, 3.63) is 40.5 Å². The lowest BCUT2D eigenvalue weighted by molar-refractivity contribution is 0.871. The van der Waals surface area contributed by atoms with Gasteiger partial charge in [-0.2, -0.15) is 0 Å². The molecule has 0 saturated carbocycles. The molecule has 1 heterocycles. The molecular weight excluding hydrogens is 206 g/mol. The van der Waals surface area contributed by atoms with Gasteiger partial charge in [-0.05, 0) is 42.7 Å². The number of halogens is 1. The van der Waals surface area contributed by atoms with Crippen LogP contribution in [0.2, 0.25) is 5.02 Å². The number of benzene rings is 1. The molecule has 0 radical (unpaired) electrons. The monoisotopic (exact) mass is 219 g/mol. The van der Waals surface area contributed by atoms with E-state index in [1.165, 1.54) is 10.9 Å². The molecule has 2 rings (SSSR count). The number of hydrogen-bond donors (Lipinski definition) is 0. The van der Waals surface area contributed by atoms with Crippen molar-refractivity contribution in [2.24, 2.45) is 0 Å². The minimum Gasteiger partial charge on any atom is -0.253 e. The molecule has 0 aliphatic rings. The largest absolute Gasteiger partial charge is 0.253 e. The zero-order chi connectivity index (χ0) is 11.0. The van der Waals surface area contributed by atoms with Gasteiger partial charge in [0.2, 0.25) is 0 Å². The van der Waals surface area contributed by atoms with Crippen molar-refractivity contribution in [3.8, 4) is 0 Å². The molecular formula is C13H14ClN. The fourth-order valence-corrected chi connectivity index (χ4v) is 2.01. The molecule has 2 heteroatoms. The molecule has 0 aliphatic carbocycles. The van der Waals surface area contributed by atoms with Crippen LogP contribution in [-0.2, 0) is 0 Å². The van der Waals surface area contributed by atoms with Crippen LogP contribution in [0.15, 0.2) is 24.3 Å². The van der Waals surface area contributed by atoms with E-state index in [4.69, 9.17) is 11.6 Å². The standard InChI is InChI=1S/C13H14ClN/c1-8(2)11-6-9(3)15-13-5-4-10(14)7-12(11)13/h4-8H,1-3H3. The quantitative estimate of drug-likeness (QED) is 0.696. The Balaban J connectivity index is 2.81. The fraction of sp³-hybridized carbons (Fsp3) is 0.308. The van der Waals surface area contributed by atoms with E-state index < -0.39 is 0 Å². The van der Waals surface area contributed by atoms with Crippen LogP contribution in [0.5, 0.6) is 0 Å². The van der Waals surface area contributed by atoms with Crippen LogP contribution >= 0.6 is 11.6 Å². The van der Waals surface area contributed by atoms with Gasteiger partial charge in [-0.3, -0.25) is 4.98 Å². The minimum atomic E-state index is 0.493. The summed E-state index contributed by atoms with van der Waals surface area (Å²) in [4.78, 5) is 4.50. The van der Waals surface area contributed by atoms with Crippen molar-refractivity contribution in [1.82, 2.24) is 4.98 Å². The van der Waals surface area contributed by atoms with E-state index in [9.17, 15) is 0 Å². The van der Waals surface area contributed by atoms with Gasteiger partial charge in [-0.1, -0.05) is 25.4 Å². The summed E-state index contributed by atoms with van der Waals surface area (Å²) >= 11 is 6.01. The van der Waals surface area contributed by atoms with Gasteiger partial charge >= 0.3 is 0 Å². The zero-order valence-electron chi connectivity index (χ0n) is 9.21. The predicted molar refractivity (Wildman–Crippen MR) is 65.6 cm³/mol. The van der Waals surface area contributed by atoms with Gasteiger partial charge < -0.3 is 0 Å². The topological polar surface area (TPSA) is 12.9 Å². The van der Waals surface area contributed by atoms with Gasteiger partial charge in [0.15, 0.2) is 0 Å². The van der Waals surface area contributed by atoms with E-state index in [1.807, 2.05) is 25.1 Å². The van der Waals surface area contributed by atoms with Crippen LogP contribution in [0.3, 0.4) is 0 Å². The van der Waals surface area contributed by atoms with Crippen LogP contribution in [-0.4, -0.2) is 4.98 Å². The van der Waals surface area contributed by atoms with Crippen molar-refractivity contribution < 1.29 is 0 Å². The Morgan fingerprint density at radius 3 is 2.60 bits per heavy atom. The number of nitrogens with zero attached hydrogens (tertiary/aromatic N) is 1. The van der Waals surface area contributed by atoms with Gasteiger partial charge in [0.25, 0.3) is 0 Å². The summed E-state index contributed by atoms with van der Waals surface area (Å²) in [6, 6.07) is 8.01. The minimum absolute atomic E-state index is 0.493. The Kier molecular flexibility index (Phi) is 2.66. The van der Waals surface area contributed by atoms with Gasteiger partial charge in [0.1, 0.15) is 0 Å². The molecule has 0 N–H and O–H groups in total. The molecule has 1 nitrogen and oxygen atoms in total. The molecule has 2 aromatic rings. The highest BCUT2D eigenvalue weighted by atomic mass is 35.5.